The summed E-state index contributed by atoms with van der Waals surface area (Å²) in [5, 5.41) is 12.8. The number of thioether (sulfide) groups is 1. The quantitative estimate of drug-likeness (QED) is 0.515. The van der Waals surface area contributed by atoms with Gasteiger partial charge in [0.1, 0.15) is 11.4 Å². The number of aromatic hydroxyl groups is 1. The Balaban J connectivity index is 1.92. The van der Waals surface area contributed by atoms with Gasteiger partial charge in [-0.05, 0) is 61.9 Å². The van der Waals surface area contributed by atoms with Crippen molar-refractivity contribution < 1.29 is 33.0 Å². The molecule has 0 saturated heterocycles. The first kappa shape index (κ1) is 25.0. The van der Waals surface area contributed by atoms with E-state index in [1.165, 1.54) is 41.3 Å². The van der Waals surface area contributed by atoms with Crippen molar-refractivity contribution >= 4 is 40.5 Å². The Bertz CT molecular complexity index is 1110. The number of aliphatic imine (C=N–C) groups is 1. The molecule has 1 aliphatic rings. The van der Waals surface area contributed by atoms with E-state index in [2.05, 4.69) is 15.0 Å². The predicted molar refractivity (Wildman–Crippen MR) is 126 cm³/mol. The first-order valence-corrected chi connectivity index (χ1v) is 11.4. The molecule has 3 rings (SSSR count). The third kappa shape index (κ3) is 6.25. The van der Waals surface area contributed by atoms with E-state index in [4.69, 9.17) is 4.74 Å². The van der Waals surface area contributed by atoms with Crippen molar-refractivity contribution in [3.8, 4) is 17.2 Å². The van der Waals surface area contributed by atoms with E-state index in [9.17, 15) is 23.5 Å². The summed E-state index contributed by atoms with van der Waals surface area (Å²) in [5.74, 6) is -0.473. The zero-order chi connectivity index (χ0) is 24.7. The number of phenolic OH excluding ortho intramolecular Hbond substituents is 1. The summed E-state index contributed by atoms with van der Waals surface area (Å²) >= 11 is 1.07. The van der Waals surface area contributed by atoms with Crippen LogP contribution in [0.3, 0.4) is 0 Å². The van der Waals surface area contributed by atoms with Crippen LogP contribution in [0.2, 0.25) is 0 Å². The average molecular weight is 492 g/mol. The van der Waals surface area contributed by atoms with Crippen LogP contribution in [0, 0.1) is 0 Å². The minimum absolute atomic E-state index is 0.0313. The number of halogens is 2. The van der Waals surface area contributed by atoms with Crippen molar-refractivity contribution in [1.82, 2.24) is 5.32 Å². The third-order valence-corrected chi connectivity index (χ3v) is 5.38. The van der Waals surface area contributed by atoms with Gasteiger partial charge in [-0.25, -0.2) is 4.99 Å². The number of amides is 2. The number of carbonyl (C=O) groups is 2. The highest BCUT2D eigenvalue weighted by Crippen LogP contribution is 2.32. The summed E-state index contributed by atoms with van der Waals surface area (Å²) in [5.41, 5.74) is 1.04. The highest BCUT2D eigenvalue weighted by Gasteiger charge is 2.32. The maximum atomic E-state index is 13.2. The lowest BCUT2D eigenvalue weighted by molar-refractivity contribution is -0.118. The third-order valence-electron chi connectivity index (χ3n) is 4.44. The summed E-state index contributed by atoms with van der Waals surface area (Å²) in [6, 6.07) is 10.2. The molecule has 2 aromatic carbocycles. The van der Waals surface area contributed by atoms with Gasteiger partial charge in [0, 0.05) is 6.54 Å². The van der Waals surface area contributed by atoms with Crippen molar-refractivity contribution in [2.24, 2.45) is 4.99 Å². The molecule has 180 valence electrons. The van der Waals surface area contributed by atoms with Crippen LogP contribution in [0.25, 0.3) is 6.08 Å². The van der Waals surface area contributed by atoms with Crippen LogP contribution < -0.4 is 19.7 Å². The molecule has 0 aromatic heterocycles. The number of nitrogens with zero attached hydrogens (tertiary/aromatic N) is 2. The van der Waals surface area contributed by atoms with Crippen molar-refractivity contribution in [3.63, 3.8) is 0 Å². The topological polar surface area (TPSA) is 100 Å². The molecular weight excluding hydrogens is 468 g/mol. The molecule has 2 aromatic rings. The Morgan fingerprint density at radius 1 is 1.24 bits per heavy atom. The van der Waals surface area contributed by atoms with Crippen molar-refractivity contribution in [3.05, 3.63) is 53.7 Å². The number of anilines is 1. The Kier molecular flexibility index (Phi) is 8.47. The maximum absolute atomic E-state index is 13.2. The molecule has 1 heterocycles. The lowest BCUT2D eigenvalue weighted by Crippen LogP contribution is -2.32. The number of rotatable bonds is 9. The number of amidine groups is 1. The number of nitrogens with one attached hydrogen (secondary N) is 1. The normalized spacial score (nSPS) is 14.5. The van der Waals surface area contributed by atoms with Crippen LogP contribution in [0.1, 0.15) is 19.4 Å². The molecule has 0 spiro atoms. The van der Waals surface area contributed by atoms with E-state index < -0.39 is 12.5 Å². The standard InChI is InChI=1S/C23H23F2N3O5S/c1-3-26-20(30)13-34-23-27-17(11-14-5-10-18(29)19(12-14)32-4-2)21(31)28(23)15-6-8-16(9-7-15)33-22(24)25/h5-12,22,29H,3-4,13H2,1-2H3,(H,26,30). The number of hydrogen-bond donors (Lipinski definition) is 2. The molecule has 0 aliphatic carbocycles. The Morgan fingerprint density at radius 3 is 2.62 bits per heavy atom. The van der Waals surface area contributed by atoms with Gasteiger partial charge in [-0.2, -0.15) is 8.78 Å². The smallest absolute Gasteiger partial charge is 0.387 e. The van der Waals surface area contributed by atoms with Crippen LogP contribution in [0.5, 0.6) is 17.2 Å². The molecule has 2 N–H and O–H groups in total. The van der Waals surface area contributed by atoms with E-state index in [1.54, 1.807) is 26.0 Å². The maximum Gasteiger partial charge on any atom is 0.387 e. The Labute approximate surface area is 199 Å². The predicted octanol–water partition coefficient (Wildman–Crippen LogP) is 4.01. The van der Waals surface area contributed by atoms with Gasteiger partial charge in [0.05, 0.1) is 18.0 Å². The molecule has 0 radical (unpaired) electrons. The minimum atomic E-state index is -2.97. The molecule has 0 fully saturated rings. The summed E-state index contributed by atoms with van der Waals surface area (Å²) in [7, 11) is 0. The van der Waals surface area contributed by atoms with E-state index in [1.807, 2.05) is 0 Å². The first-order valence-electron chi connectivity index (χ1n) is 10.4. The highest BCUT2D eigenvalue weighted by atomic mass is 32.2. The van der Waals surface area contributed by atoms with Crippen molar-refractivity contribution in [1.29, 1.82) is 0 Å². The monoisotopic (exact) mass is 491 g/mol. The van der Waals surface area contributed by atoms with Gasteiger partial charge >= 0.3 is 6.61 Å². The molecule has 11 heteroatoms. The molecule has 0 unspecified atom stereocenters. The number of alkyl halides is 2. The molecule has 0 saturated carbocycles. The highest BCUT2D eigenvalue weighted by molar-refractivity contribution is 8.14. The summed E-state index contributed by atoms with van der Waals surface area (Å²) < 4.78 is 34.7. The lowest BCUT2D eigenvalue weighted by Gasteiger charge is -2.18. The second-order valence-corrected chi connectivity index (χ2v) is 7.78. The van der Waals surface area contributed by atoms with Crippen LogP contribution in [-0.2, 0) is 9.59 Å². The fourth-order valence-electron chi connectivity index (χ4n) is 3.03. The molecule has 0 bridgehead atoms. The second-order valence-electron chi connectivity index (χ2n) is 6.84. The SMILES string of the molecule is CCNC(=O)CSC1=NC(=Cc2ccc(O)c(OCC)c2)C(=O)N1c1ccc(OC(F)F)cc1. The fraction of sp³-hybridized carbons (Fsp3) is 0.261. The van der Waals surface area contributed by atoms with Crippen molar-refractivity contribution in [2.75, 3.05) is 23.8 Å². The van der Waals surface area contributed by atoms with E-state index >= 15 is 0 Å². The van der Waals surface area contributed by atoms with Gasteiger partial charge in [-0.1, -0.05) is 17.8 Å². The number of phenols is 1. The van der Waals surface area contributed by atoms with Gasteiger partial charge in [0.2, 0.25) is 5.91 Å². The van der Waals surface area contributed by atoms with Crippen LogP contribution in [0.4, 0.5) is 14.5 Å². The lowest BCUT2D eigenvalue weighted by atomic mass is 10.1. The van der Waals surface area contributed by atoms with E-state index in [0.29, 0.717) is 24.4 Å². The second kappa shape index (κ2) is 11.5. The molecule has 1 aliphatic heterocycles. The Morgan fingerprint density at radius 2 is 1.97 bits per heavy atom. The van der Waals surface area contributed by atoms with Gasteiger partial charge in [-0.3, -0.25) is 14.5 Å². The van der Waals surface area contributed by atoms with Gasteiger partial charge in [-0.15, -0.1) is 0 Å². The number of carbonyl (C=O) groups excluding carboxylic acids is 2. The molecule has 0 atom stereocenters. The fourth-order valence-corrected chi connectivity index (χ4v) is 3.87. The van der Waals surface area contributed by atoms with Crippen LogP contribution in [-0.4, -0.2) is 47.6 Å². The number of benzene rings is 2. The summed E-state index contributed by atoms with van der Waals surface area (Å²) in [4.78, 5) is 30.9. The minimum Gasteiger partial charge on any atom is -0.504 e. The van der Waals surface area contributed by atoms with Gasteiger partial charge < -0.3 is 19.9 Å². The molecule has 34 heavy (non-hydrogen) atoms. The summed E-state index contributed by atoms with van der Waals surface area (Å²) in [6.07, 6.45) is 1.53. The number of hydrogen-bond acceptors (Lipinski definition) is 7. The van der Waals surface area contributed by atoms with Crippen molar-refractivity contribution in [2.45, 2.75) is 20.5 Å². The van der Waals surface area contributed by atoms with Gasteiger partial charge in [0.25, 0.3) is 5.91 Å². The van der Waals surface area contributed by atoms with E-state index in [-0.39, 0.29) is 39.8 Å². The molecule has 2 amide bonds. The number of ether oxygens (including phenoxy) is 2. The molecular formula is C23H23F2N3O5S. The zero-order valence-corrected chi connectivity index (χ0v) is 19.3. The Hall–Kier alpha value is -3.60. The average Bonchev–Trinajstić information content (AvgIpc) is 3.10. The molecule has 8 nitrogen and oxygen atoms in total. The zero-order valence-electron chi connectivity index (χ0n) is 18.5. The summed E-state index contributed by atoms with van der Waals surface area (Å²) in [6.45, 7) is 1.43. The first-order chi connectivity index (χ1) is 16.3. The van der Waals surface area contributed by atoms with Crippen LogP contribution in [0.15, 0.2) is 53.2 Å². The van der Waals surface area contributed by atoms with Gasteiger partial charge in [0.15, 0.2) is 16.7 Å². The van der Waals surface area contributed by atoms with Crippen LogP contribution >= 0.6 is 11.8 Å². The van der Waals surface area contributed by atoms with E-state index in [0.717, 1.165) is 11.8 Å². The largest absolute Gasteiger partial charge is 0.504 e.